The van der Waals surface area contributed by atoms with Crippen molar-refractivity contribution < 1.29 is 18.7 Å². The molecule has 0 aliphatic carbocycles. The van der Waals surface area contributed by atoms with Crippen LogP contribution in [0.5, 0.6) is 5.75 Å². The van der Waals surface area contributed by atoms with Gasteiger partial charge in [-0.15, -0.1) is 0 Å². The summed E-state index contributed by atoms with van der Waals surface area (Å²) in [5.74, 6) is -0.800. The number of carbonyl (C=O) groups excluding carboxylic acids is 2. The minimum Gasteiger partial charge on any atom is -0.494 e. The fraction of sp³-hybridized carbons (Fsp3) is 0.0833. The van der Waals surface area contributed by atoms with E-state index in [9.17, 15) is 14.0 Å². The van der Waals surface area contributed by atoms with Crippen molar-refractivity contribution >= 4 is 40.4 Å². The summed E-state index contributed by atoms with van der Waals surface area (Å²) in [7, 11) is 0. The van der Waals surface area contributed by atoms with Crippen molar-refractivity contribution in [3.63, 3.8) is 0 Å². The minimum absolute atomic E-state index is 0.126. The number of hydrogen-bond donors (Lipinski definition) is 1. The first kappa shape index (κ1) is 20.6. The van der Waals surface area contributed by atoms with Crippen LogP contribution in [0.15, 0.2) is 78.5 Å². The lowest BCUT2D eigenvalue weighted by Gasteiger charge is -2.15. The molecule has 1 N–H and O–H groups in total. The fourth-order valence-electron chi connectivity index (χ4n) is 3.30. The van der Waals surface area contributed by atoms with E-state index >= 15 is 0 Å². The van der Waals surface area contributed by atoms with E-state index < -0.39 is 17.6 Å². The number of nitrogens with one attached hydrogen (secondary N) is 1. The summed E-state index contributed by atoms with van der Waals surface area (Å²) in [4.78, 5) is 27.6. The highest BCUT2D eigenvalue weighted by atomic mass is 35.5. The van der Waals surface area contributed by atoms with Gasteiger partial charge in [-0.25, -0.2) is 9.29 Å². The van der Waals surface area contributed by atoms with Gasteiger partial charge in [0.25, 0.3) is 11.8 Å². The normalized spacial score (nSPS) is 13.7. The summed E-state index contributed by atoms with van der Waals surface area (Å²) in [6, 6.07) is 18.9. The van der Waals surface area contributed by atoms with Crippen molar-refractivity contribution in [3.05, 3.63) is 94.9 Å². The van der Waals surface area contributed by atoms with Crippen molar-refractivity contribution in [2.75, 3.05) is 16.8 Å². The molecule has 0 saturated heterocycles. The Morgan fingerprint density at radius 2 is 1.55 bits per heavy atom. The van der Waals surface area contributed by atoms with E-state index in [2.05, 4.69) is 5.32 Å². The monoisotopic (exact) mass is 436 g/mol. The number of ether oxygens (including phenoxy) is 1. The molecule has 0 unspecified atom stereocenters. The molecule has 0 saturated carbocycles. The number of imide groups is 1. The predicted octanol–water partition coefficient (Wildman–Crippen LogP) is 5.27. The highest BCUT2D eigenvalue weighted by Crippen LogP contribution is 2.34. The second-order valence-electron chi connectivity index (χ2n) is 6.76. The molecular formula is C24H18ClFN2O3. The maximum atomic E-state index is 13.4. The number of amides is 2. The smallest absolute Gasteiger partial charge is 0.282 e. The van der Waals surface area contributed by atoms with Crippen LogP contribution in [-0.4, -0.2) is 18.4 Å². The topological polar surface area (TPSA) is 58.6 Å². The van der Waals surface area contributed by atoms with Crippen molar-refractivity contribution in [2.24, 2.45) is 0 Å². The molecule has 156 valence electrons. The summed E-state index contributed by atoms with van der Waals surface area (Å²) in [5.41, 5.74) is 1.78. The Hall–Kier alpha value is -3.64. The van der Waals surface area contributed by atoms with E-state index in [1.165, 1.54) is 24.3 Å². The van der Waals surface area contributed by atoms with Crippen LogP contribution in [0.25, 0.3) is 5.57 Å². The second kappa shape index (κ2) is 8.62. The number of hydrogen-bond acceptors (Lipinski definition) is 4. The molecule has 1 aliphatic rings. The maximum absolute atomic E-state index is 13.4. The van der Waals surface area contributed by atoms with Gasteiger partial charge in [0.2, 0.25) is 0 Å². The molecule has 3 aromatic carbocycles. The van der Waals surface area contributed by atoms with E-state index in [1.807, 2.05) is 6.92 Å². The van der Waals surface area contributed by atoms with E-state index in [0.29, 0.717) is 28.6 Å². The summed E-state index contributed by atoms with van der Waals surface area (Å²) in [6.07, 6.45) is 0. The molecule has 1 heterocycles. The van der Waals surface area contributed by atoms with Crippen molar-refractivity contribution in [1.82, 2.24) is 0 Å². The second-order valence-corrected chi connectivity index (χ2v) is 7.20. The number of benzene rings is 3. The lowest BCUT2D eigenvalue weighted by Crippen LogP contribution is -2.32. The molecule has 2 amide bonds. The Morgan fingerprint density at radius 1 is 0.903 bits per heavy atom. The Bertz CT molecular complexity index is 1160. The maximum Gasteiger partial charge on any atom is 0.282 e. The van der Waals surface area contributed by atoms with Crippen LogP contribution < -0.4 is 15.0 Å². The molecule has 5 nitrogen and oxygen atoms in total. The highest BCUT2D eigenvalue weighted by Gasteiger charge is 2.40. The van der Waals surface area contributed by atoms with Crippen molar-refractivity contribution in [3.8, 4) is 5.75 Å². The van der Waals surface area contributed by atoms with Gasteiger partial charge < -0.3 is 10.1 Å². The quantitative estimate of drug-likeness (QED) is 0.534. The van der Waals surface area contributed by atoms with Gasteiger partial charge in [-0.2, -0.15) is 0 Å². The van der Waals surface area contributed by atoms with Crippen LogP contribution in [0.1, 0.15) is 12.5 Å². The SMILES string of the molecule is CCOc1ccc(NC2=C(c3ccc(Cl)cc3)C(=O)N(c3ccc(F)cc3)C2=O)cc1. The Balaban J connectivity index is 1.75. The first-order valence-electron chi connectivity index (χ1n) is 9.62. The van der Waals surface area contributed by atoms with E-state index in [-0.39, 0.29) is 17.0 Å². The van der Waals surface area contributed by atoms with Gasteiger partial charge in [-0.3, -0.25) is 9.59 Å². The van der Waals surface area contributed by atoms with Crippen LogP contribution >= 0.6 is 11.6 Å². The molecule has 0 bridgehead atoms. The molecule has 0 atom stereocenters. The fourth-order valence-corrected chi connectivity index (χ4v) is 3.43. The van der Waals surface area contributed by atoms with Crippen LogP contribution in [0.3, 0.4) is 0 Å². The number of rotatable bonds is 6. The van der Waals surface area contributed by atoms with Gasteiger partial charge in [-0.05, 0) is 73.2 Å². The molecule has 0 spiro atoms. The number of carbonyl (C=O) groups is 2. The number of anilines is 2. The summed E-state index contributed by atoms with van der Waals surface area (Å²) in [5, 5.41) is 3.58. The third kappa shape index (κ3) is 4.15. The van der Waals surface area contributed by atoms with Crippen LogP contribution in [-0.2, 0) is 9.59 Å². The Morgan fingerprint density at radius 3 is 2.16 bits per heavy atom. The third-order valence-electron chi connectivity index (χ3n) is 4.74. The Labute approximate surface area is 183 Å². The summed E-state index contributed by atoms with van der Waals surface area (Å²) < 4.78 is 18.8. The molecule has 0 aromatic heterocycles. The lowest BCUT2D eigenvalue weighted by molar-refractivity contribution is -0.120. The van der Waals surface area contributed by atoms with Gasteiger partial charge in [-0.1, -0.05) is 23.7 Å². The molecule has 4 rings (SSSR count). The molecule has 1 aliphatic heterocycles. The molecule has 31 heavy (non-hydrogen) atoms. The summed E-state index contributed by atoms with van der Waals surface area (Å²) >= 11 is 5.99. The first-order valence-corrected chi connectivity index (χ1v) is 10.00. The highest BCUT2D eigenvalue weighted by molar-refractivity contribution is 6.46. The molecule has 3 aromatic rings. The zero-order valence-electron chi connectivity index (χ0n) is 16.6. The Kier molecular flexibility index (Phi) is 5.73. The van der Waals surface area contributed by atoms with E-state index in [1.54, 1.807) is 48.5 Å². The average Bonchev–Trinajstić information content (AvgIpc) is 3.01. The molecule has 0 fully saturated rings. The van der Waals surface area contributed by atoms with E-state index in [0.717, 1.165) is 4.90 Å². The van der Waals surface area contributed by atoms with Crippen LogP contribution in [0.2, 0.25) is 5.02 Å². The van der Waals surface area contributed by atoms with Gasteiger partial charge >= 0.3 is 0 Å². The number of halogens is 2. The van der Waals surface area contributed by atoms with Gasteiger partial charge in [0, 0.05) is 10.7 Å². The van der Waals surface area contributed by atoms with E-state index in [4.69, 9.17) is 16.3 Å². The summed E-state index contributed by atoms with van der Waals surface area (Å²) in [6.45, 7) is 2.43. The standard InChI is InChI=1S/C24H18ClFN2O3/c1-2-31-20-13-9-18(10-14-20)27-22-21(15-3-5-16(25)6-4-15)23(29)28(24(22)30)19-11-7-17(26)8-12-19/h3-14,27H,2H2,1H3. The average molecular weight is 437 g/mol. The first-order chi connectivity index (χ1) is 15.0. The number of nitrogens with zero attached hydrogens (tertiary/aromatic N) is 1. The molecule has 7 heteroatoms. The lowest BCUT2D eigenvalue weighted by atomic mass is 10.0. The minimum atomic E-state index is -0.532. The van der Waals surface area contributed by atoms with Crippen LogP contribution in [0.4, 0.5) is 15.8 Å². The zero-order valence-corrected chi connectivity index (χ0v) is 17.3. The van der Waals surface area contributed by atoms with Crippen LogP contribution in [0, 0.1) is 5.82 Å². The molecule has 0 radical (unpaired) electrons. The molecular weight excluding hydrogens is 419 g/mol. The van der Waals surface area contributed by atoms with Gasteiger partial charge in [0.1, 0.15) is 17.3 Å². The zero-order chi connectivity index (χ0) is 22.0. The van der Waals surface area contributed by atoms with Gasteiger partial charge in [0.15, 0.2) is 0 Å². The van der Waals surface area contributed by atoms with Crippen molar-refractivity contribution in [1.29, 1.82) is 0 Å². The third-order valence-corrected chi connectivity index (χ3v) is 4.99. The van der Waals surface area contributed by atoms with Gasteiger partial charge in [0.05, 0.1) is 17.9 Å². The largest absolute Gasteiger partial charge is 0.494 e. The van der Waals surface area contributed by atoms with Crippen molar-refractivity contribution in [2.45, 2.75) is 6.92 Å². The predicted molar refractivity (Wildman–Crippen MR) is 118 cm³/mol.